The molecule has 7 heteroatoms. The molecule has 5 rings (SSSR count). The number of hydrogen-bond donors (Lipinski definition) is 0. The van der Waals surface area contributed by atoms with Gasteiger partial charge in [-0.2, -0.15) is 5.10 Å². The van der Waals surface area contributed by atoms with Gasteiger partial charge in [0.2, 0.25) is 0 Å². The number of allylic oxidation sites excluding steroid dienone is 1. The lowest BCUT2D eigenvalue weighted by atomic mass is 9.77. The molecule has 176 valence electrons. The normalized spacial score (nSPS) is 20.3. The highest BCUT2D eigenvalue weighted by atomic mass is 16.5. The van der Waals surface area contributed by atoms with Crippen LogP contribution in [0.15, 0.2) is 83.7 Å². The van der Waals surface area contributed by atoms with E-state index in [1.165, 1.54) is 17.4 Å². The minimum absolute atomic E-state index is 0.0671. The first-order chi connectivity index (χ1) is 17.1. The molecule has 1 amide bonds. The molecule has 2 heterocycles. The smallest absolute Gasteiger partial charge is 0.359 e. The summed E-state index contributed by atoms with van der Waals surface area (Å²) >= 11 is 0. The van der Waals surface area contributed by atoms with Gasteiger partial charge in [0, 0.05) is 12.1 Å². The van der Waals surface area contributed by atoms with Gasteiger partial charge in [0.05, 0.1) is 23.6 Å². The summed E-state index contributed by atoms with van der Waals surface area (Å²) in [7, 11) is 0. The van der Waals surface area contributed by atoms with Gasteiger partial charge in [0.25, 0.3) is 5.91 Å². The number of benzene rings is 2. The van der Waals surface area contributed by atoms with Crippen molar-refractivity contribution in [1.29, 1.82) is 0 Å². The molecule has 0 bridgehead atoms. The van der Waals surface area contributed by atoms with Crippen LogP contribution < -0.4 is 0 Å². The van der Waals surface area contributed by atoms with Gasteiger partial charge in [0.1, 0.15) is 0 Å². The van der Waals surface area contributed by atoms with E-state index in [1.807, 2.05) is 48.5 Å². The first kappa shape index (κ1) is 22.7. The monoisotopic (exact) mass is 466 g/mol. The quantitative estimate of drug-likeness (QED) is 0.506. The Morgan fingerprint density at radius 2 is 1.77 bits per heavy atom. The number of esters is 1. The Kier molecular flexibility index (Phi) is 6.48. The summed E-state index contributed by atoms with van der Waals surface area (Å²) < 4.78 is 5.29. The molecular weight excluding hydrogens is 440 g/mol. The second-order valence-corrected chi connectivity index (χ2v) is 8.78. The van der Waals surface area contributed by atoms with Gasteiger partial charge in [0.15, 0.2) is 12.3 Å². The number of ether oxygens (including phenoxy) is 1. The zero-order chi connectivity index (χ0) is 24.2. The summed E-state index contributed by atoms with van der Waals surface area (Å²) in [5.74, 6) is -0.965. The van der Waals surface area contributed by atoms with Crippen LogP contribution in [0.4, 0.5) is 0 Å². The zero-order valence-corrected chi connectivity index (χ0v) is 19.5. The van der Waals surface area contributed by atoms with Gasteiger partial charge in [-0.25, -0.2) is 14.8 Å². The van der Waals surface area contributed by atoms with Crippen LogP contribution in [0.2, 0.25) is 0 Å². The van der Waals surface area contributed by atoms with Crippen molar-refractivity contribution in [3.63, 3.8) is 0 Å². The Morgan fingerprint density at radius 3 is 2.49 bits per heavy atom. The third-order valence-electron chi connectivity index (χ3n) is 6.36. The van der Waals surface area contributed by atoms with Crippen molar-refractivity contribution < 1.29 is 14.3 Å². The molecule has 2 unspecified atom stereocenters. The maximum absolute atomic E-state index is 13.3. The predicted molar refractivity (Wildman–Crippen MR) is 132 cm³/mol. The van der Waals surface area contributed by atoms with Gasteiger partial charge >= 0.3 is 5.97 Å². The Balaban J connectivity index is 1.41. The van der Waals surface area contributed by atoms with Crippen LogP contribution in [0.5, 0.6) is 0 Å². The number of rotatable bonds is 5. The summed E-state index contributed by atoms with van der Waals surface area (Å²) in [6, 6.07) is 19.8. The number of aromatic nitrogens is 2. The van der Waals surface area contributed by atoms with Gasteiger partial charge in [-0.05, 0) is 49.0 Å². The molecule has 2 aromatic carbocycles. The van der Waals surface area contributed by atoms with Crippen molar-refractivity contribution in [2.75, 3.05) is 6.61 Å². The second kappa shape index (κ2) is 10.0. The van der Waals surface area contributed by atoms with Crippen LogP contribution in [0, 0.1) is 12.8 Å². The van der Waals surface area contributed by atoms with E-state index in [0.717, 1.165) is 41.7 Å². The fraction of sp³-hybridized carbons (Fsp3) is 0.250. The van der Waals surface area contributed by atoms with Crippen molar-refractivity contribution >= 4 is 23.7 Å². The number of fused-ring (bicyclic) bond motifs is 1. The van der Waals surface area contributed by atoms with Crippen LogP contribution in [-0.2, 0) is 9.53 Å². The van der Waals surface area contributed by atoms with E-state index < -0.39 is 12.6 Å². The van der Waals surface area contributed by atoms with E-state index >= 15 is 0 Å². The van der Waals surface area contributed by atoms with Gasteiger partial charge in [-0.3, -0.25) is 9.78 Å². The zero-order valence-electron chi connectivity index (χ0n) is 19.5. The molecule has 1 aromatic heterocycles. The summed E-state index contributed by atoms with van der Waals surface area (Å²) in [6.07, 6.45) is 7.87. The molecule has 1 aliphatic heterocycles. The van der Waals surface area contributed by atoms with Crippen molar-refractivity contribution in [3.8, 4) is 0 Å². The van der Waals surface area contributed by atoms with E-state index in [1.54, 1.807) is 6.92 Å². The first-order valence-electron chi connectivity index (χ1n) is 11.8. The molecule has 1 saturated carbocycles. The van der Waals surface area contributed by atoms with Crippen molar-refractivity contribution in [2.45, 2.75) is 32.2 Å². The van der Waals surface area contributed by atoms with E-state index in [9.17, 15) is 9.59 Å². The highest BCUT2D eigenvalue weighted by Crippen LogP contribution is 2.44. The van der Waals surface area contributed by atoms with E-state index in [-0.39, 0.29) is 23.6 Å². The molecule has 1 aliphatic carbocycles. The number of carbonyl (C=O) groups is 2. The highest BCUT2D eigenvalue weighted by molar-refractivity contribution is 6.08. The van der Waals surface area contributed by atoms with Crippen LogP contribution in [0.3, 0.4) is 0 Å². The van der Waals surface area contributed by atoms with Crippen LogP contribution >= 0.6 is 0 Å². The minimum Gasteiger partial charge on any atom is -0.451 e. The highest BCUT2D eigenvalue weighted by Gasteiger charge is 2.43. The van der Waals surface area contributed by atoms with Gasteiger partial charge in [-0.15, -0.1) is 0 Å². The lowest BCUT2D eigenvalue weighted by Gasteiger charge is -2.29. The Morgan fingerprint density at radius 1 is 1.03 bits per heavy atom. The fourth-order valence-corrected chi connectivity index (χ4v) is 4.71. The standard InChI is InChI=1S/C28H26N4O3/c1-19-16-30-24(17-29-19)28(34)35-18-25(33)32-27(21-11-6-3-7-12-21)23-14-8-13-22(26(23)31-32)15-20-9-4-2-5-10-20/h2-7,9-12,15-17,23,27H,8,13-14,18H2,1H3/b22-15-. The van der Waals surface area contributed by atoms with E-state index in [4.69, 9.17) is 9.84 Å². The fourth-order valence-electron chi connectivity index (χ4n) is 4.71. The lowest BCUT2D eigenvalue weighted by molar-refractivity contribution is -0.137. The van der Waals surface area contributed by atoms with Crippen LogP contribution in [0.1, 0.15) is 52.6 Å². The van der Waals surface area contributed by atoms with Crippen molar-refractivity contribution in [3.05, 3.63) is 101 Å². The largest absolute Gasteiger partial charge is 0.451 e. The molecule has 7 nitrogen and oxygen atoms in total. The summed E-state index contributed by atoms with van der Waals surface area (Å²) in [5, 5.41) is 6.33. The lowest BCUT2D eigenvalue weighted by Crippen LogP contribution is -2.34. The molecule has 0 N–H and O–H groups in total. The topological polar surface area (TPSA) is 84.8 Å². The number of carbonyl (C=O) groups excluding carboxylic acids is 2. The Labute approximate surface area is 204 Å². The van der Waals surface area contributed by atoms with Crippen molar-refractivity contribution in [2.24, 2.45) is 11.0 Å². The number of hydrazone groups is 1. The van der Waals surface area contributed by atoms with Crippen LogP contribution in [0.25, 0.3) is 6.08 Å². The third-order valence-corrected chi connectivity index (χ3v) is 6.36. The van der Waals surface area contributed by atoms with Gasteiger partial charge < -0.3 is 4.74 Å². The van der Waals surface area contributed by atoms with E-state index in [2.05, 4.69) is 28.2 Å². The Hall–Kier alpha value is -4.13. The number of aryl methyl sites for hydroxylation is 1. The molecule has 0 spiro atoms. The average Bonchev–Trinajstić information content (AvgIpc) is 3.29. The number of hydrogen-bond acceptors (Lipinski definition) is 6. The molecule has 3 aromatic rings. The molecule has 2 aliphatic rings. The maximum atomic E-state index is 13.3. The molecule has 1 fully saturated rings. The molecule has 0 radical (unpaired) electrons. The molecule has 35 heavy (non-hydrogen) atoms. The van der Waals surface area contributed by atoms with Gasteiger partial charge in [-0.1, -0.05) is 60.7 Å². The third kappa shape index (κ3) is 4.89. The predicted octanol–water partition coefficient (Wildman–Crippen LogP) is 4.77. The van der Waals surface area contributed by atoms with Crippen LogP contribution in [-0.4, -0.2) is 39.2 Å². The first-order valence-corrected chi connectivity index (χ1v) is 11.8. The molecule has 2 atom stereocenters. The molecular formula is C28H26N4O3. The SMILES string of the molecule is Cc1cnc(C(=O)OCC(=O)N2N=C3/C(=C\c4ccccc4)CCCC3C2c2ccccc2)cn1. The maximum Gasteiger partial charge on any atom is 0.359 e. The number of nitrogens with zero attached hydrogens (tertiary/aromatic N) is 4. The summed E-state index contributed by atoms with van der Waals surface area (Å²) in [4.78, 5) is 33.8. The van der Waals surface area contributed by atoms with Crippen molar-refractivity contribution in [1.82, 2.24) is 15.0 Å². The average molecular weight is 467 g/mol. The summed E-state index contributed by atoms with van der Waals surface area (Å²) in [5.41, 5.74) is 4.98. The second-order valence-electron chi connectivity index (χ2n) is 8.78. The Bertz CT molecular complexity index is 1270. The number of amides is 1. The minimum atomic E-state index is -0.684. The summed E-state index contributed by atoms with van der Waals surface area (Å²) in [6.45, 7) is 1.36. The van der Waals surface area contributed by atoms with E-state index in [0.29, 0.717) is 5.69 Å². The molecule has 0 saturated heterocycles.